The molecule has 268 valence electrons. The topological polar surface area (TPSA) is 100 Å². The van der Waals surface area contributed by atoms with Crippen LogP contribution < -0.4 is 9.47 Å². The number of aryl methyl sites for hydroxylation is 1. The van der Waals surface area contributed by atoms with Gasteiger partial charge in [-0.05, 0) is 69.3 Å². The summed E-state index contributed by atoms with van der Waals surface area (Å²) in [5.74, 6) is 2.88. The summed E-state index contributed by atoms with van der Waals surface area (Å²) in [6.07, 6.45) is 2.85. The summed E-state index contributed by atoms with van der Waals surface area (Å²) in [4.78, 5) is 6.27. The molecule has 0 amide bonds. The van der Waals surface area contributed by atoms with Gasteiger partial charge in [-0.1, -0.05) is 128 Å². The van der Waals surface area contributed by atoms with Crippen LogP contribution in [0.1, 0.15) is 53.5 Å². The quantitative estimate of drug-likeness (QED) is 0.112. The van der Waals surface area contributed by atoms with E-state index in [1.54, 1.807) is 19.0 Å². The summed E-state index contributed by atoms with van der Waals surface area (Å²) < 4.78 is 13.1. The molecule has 0 aliphatic rings. The number of rotatable bonds is 14. The molecule has 2 aromatic heterocycles. The van der Waals surface area contributed by atoms with Gasteiger partial charge in [0.05, 0.1) is 26.5 Å². The molecule has 0 saturated carbocycles. The van der Waals surface area contributed by atoms with E-state index in [-0.39, 0.29) is 6.61 Å². The Labute approximate surface area is 314 Å². The van der Waals surface area contributed by atoms with Crippen LogP contribution in [0.25, 0.3) is 22.5 Å². The van der Waals surface area contributed by atoms with Crippen LogP contribution in [0.5, 0.6) is 11.5 Å². The molecule has 7 aromatic rings. The van der Waals surface area contributed by atoms with Gasteiger partial charge in [-0.15, -0.1) is 15.0 Å². The summed E-state index contributed by atoms with van der Waals surface area (Å²) in [6, 6.07) is 42.7. The van der Waals surface area contributed by atoms with Gasteiger partial charge in [0.1, 0.15) is 17.3 Å². The SMILES string of the molecule is CCCCc1nc(Cl)c(CO)n1Cc1ccc(-c2ccccc2-c2nnn(C(c3ccccc3)(c3ccc(OC)cc3)c3ccc(OC)cc3)n2)cc1. The first-order chi connectivity index (χ1) is 26.0. The van der Waals surface area contributed by atoms with Crippen molar-refractivity contribution in [3.8, 4) is 34.0 Å². The molecule has 9 nitrogen and oxygen atoms in total. The molecule has 10 heteroatoms. The number of tetrazole rings is 1. The van der Waals surface area contributed by atoms with Crippen molar-refractivity contribution in [3.05, 3.63) is 166 Å². The molecule has 5 aromatic carbocycles. The smallest absolute Gasteiger partial charge is 0.205 e. The maximum atomic E-state index is 10.1. The molecule has 0 bridgehead atoms. The van der Waals surface area contributed by atoms with Gasteiger partial charge in [0.2, 0.25) is 5.82 Å². The van der Waals surface area contributed by atoms with Gasteiger partial charge in [-0.2, -0.15) is 0 Å². The summed E-state index contributed by atoms with van der Waals surface area (Å²) in [7, 11) is 3.32. The molecule has 0 atom stereocenters. The molecule has 0 unspecified atom stereocenters. The van der Waals surface area contributed by atoms with Crippen LogP contribution in [-0.4, -0.2) is 49.1 Å². The van der Waals surface area contributed by atoms with Crippen LogP contribution in [0.2, 0.25) is 5.15 Å². The Hall–Kier alpha value is -5.77. The number of methoxy groups -OCH3 is 2. The van der Waals surface area contributed by atoms with Gasteiger partial charge < -0.3 is 19.1 Å². The standard InChI is InChI=1S/C43H41ClN6O3/c1-4-5-15-40-45-41(44)39(29-51)49(40)28-30-16-18-31(19-17-30)37-13-9-10-14-38(37)42-46-48-50(47-42)43(32-11-7-6-8-12-32,33-20-24-35(52-2)25-21-33)34-22-26-36(53-3)27-23-34/h6-14,16-27,51H,4-5,15,28-29H2,1-3H3. The number of hydrogen-bond acceptors (Lipinski definition) is 7. The highest BCUT2D eigenvalue weighted by atomic mass is 35.5. The average molecular weight is 725 g/mol. The first kappa shape index (κ1) is 35.6. The molecule has 0 aliphatic heterocycles. The van der Waals surface area contributed by atoms with Crippen molar-refractivity contribution in [3.63, 3.8) is 0 Å². The number of unbranched alkanes of at least 4 members (excludes halogenated alkanes) is 1. The van der Waals surface area contributed by atoms with E-state index in [0.717, 1.165) is 75.5 Å². The molecule has 0 fully saturated rings. The minimum absolute atomic E-state index is 0.167. The normalized spacial score (nSPS) is 11.5. The first-order valence-corrected chi connectivity index (χ1v) is 18.1. The van der Waals surface area contributed by atoms with Crippen molar-refractivity contribution in [1.82, 2.24) is 29.8 Å². The number of halogens is 1. The number of hydrogen-bond donors (Lipinski definition) is 1. The van der Waals surface area contributed by atoms with E-state index in [1.165, 1.54) is 0 Å². The van der Waals surface area contributed by atoms with Crippen LogP contribution in [0.15, 0.2) is 127 Å². The summed E-state index contributed by atoms with van der Waals surface area (Å²) in [6.45, 7) is 2.54. The highest BCUT2D eigenvalue weighted by Gasteiger charge is 2.41. The van der Waals surface area contributed by atoms with Crippen molar-refractivity contribution in [2.75, 3.05) is 14.2 Å². The second-order valence-corrected chi connectivity index (χ2v) is 13.1. The zero-order chi connectivity index (χ0) is 36.8. The van der Waals surface area contributed by atoms with Gasteiger partial charge in [0.15, 0.2) is 10.7 Å². The number of nitrogens with zero attached hydrogens (tertiary/aromatic N) is 6. The molecule has 2 heterocycles. The van der Waals surface area contributed by atoms with Gasteiger partial charge >= 0.3 is 0 Å². The van der Waals surface area contributed by atoms with Crippen LogP contribution in [0.4, 0.5) is 0 Å². The predicted octanol–water partition coefficient (Wildman–Crippen LogP) is 8.60. The third kappa shape index (κ3) is 6.93. The second kappa shape index (κ2) is 15.9. The summed E-state index contributed by atoms with van der Waals surface area (Å²) in [5, 5.41) is 25.1. The fourth-order valence-corrected chi connectivity index (χ4v) is 7.18. The van der Waals surface area contributed by atoms with E-state index in [1.807, 2.05) is 89.5 Å². The molecule has 0 radical (unpaired) electrons. The lowest BCUT2D eigenvalue weighted by molar-refractivity contribution is 0.271. The number of aliphatic hydroxyl groups excluding tert-OH is 1. The van der Waals surface area contributed by atoms with Gasteiger partial charge in [-0.3, -0.25) is 0 Å². The Morgan fingerprint density at radius 2 is 1.30 bits per heavy atom. The molecule has 1 N–H and O–H groups in total. The molecular weight excluding hydrogens is 684 g/mol. The van der Waals surface area contributed by atoms with E-state index < -0.39 is 5.54 Å². The zero-order valence-corrected chi connectivity index (χ0v) is 30.7. The lowest BCUT2D eigenvalue weighted by Gasteiger charge is -2.34. The van der Waals surface area contributed by atoms with Crippen LogP contribution in [0.3, 0.4) is 0 Å². The fraction of sp³-hybridized carbons (Fsp3) is 0.209. The lowest BCUT2D eigenvalue weighted by atomic mass is 9.77. The lowest BCUT2D eigenvalue weighted by Crippen LogP contribution is -2.39. The molecule has 0 aliphatic carbocycles. The monoisotopic (exact) mass is 724 g/mol. The minimum Gasteiger partial charge on any atom is -0.497 e. The fourth-order valence-electron chi connectivity index (χ4n) is 6.92. The van der Waals surface area contributed by atoms with E-state index in [9.17, 15) is 5.11 Å². The molecular formula is C43H41ClN6O3. The van der Waals surface area contributed by atoms with Crippen LogP contribution in [-0.2, 0) is 25.1 Å². The van der Waals surface area contributed by atoms with Crippen molar-refractivity contribution >= 4 is 11.6 Å². The Bertz CT molecular complexity index is 2220. The molecule has 7 rings (SSSR count). The van der Waals surface area contributed by atoms with Crippen LogP contribution >= 0.6 is 11.6 Å². The maximum absolute atomic E-state index is 10.1. The number of ether oxygens (including phenoxy) is 2. The largest absolute Gasteiger partial charge is 0.497 e. The predicted molar refractivity (Wildman–Crippen MR) is 207 cm³/mol. The third-order valence-corrected chi connectivity index (χ3v) is 10.0. The minimum atomic E-state index is -0.985. The highest BCUT2D eigenvalue weighted by molar-refractivity contribution is 6.30. The molecule has 53 heavy (non-hydrogen) atoms. The Morgan fingerprint density at radius 3 is 1.89 bits per heavy atom. The highest BCUT2D eigenvalue weighted by Crippen LogP contribution is 2.41. The Kier molecular flexibility index (Phi) is 10.7. The second-order valence-electron chi connectivity index (χ2n) is 12.8. The molecule has 0 spiro atoms. The first-order valence-electron chi connectivity index (χ1n) is 17.7. The summed E-state index contributed by atoms with van der Waals surface area (Å²) in [5.41, 5.74) is 6.39. The Balaban J connectivity index is 1.30. The zero-order valence-electron chi connectivity index (χ0n) is 30.0. The number of aliphatic hydroxyl groups is 1. The van der Waals surface area contributed by atoms with Gasteiger partial charge in [0.25, 0.3) is 0 Å². The Morgan fingerprint density at radius 1 is 0.717 bits per heavy atom. The van der Waals surface area contributed by atoms with Crippen LogP contribution in [0, 0.1) is 0 Å². The van der Waals surface area contributed by atoms with E-state index >= 15 is 0 Å². The average Bonchev–Trinajstić information content (AvgIpc) is 3.82. The van der Waals surface area contributed by atoms with E-state index in [2.05, 4.69) is 54.4 Å². The maximum Gasteiger partial charge on any atom is 0.205 e. The van der Waals surface area contributed by atoms with E-state index in [0.29, 0.717) is 23.2 Å². The van der Waals surface area contributed by atoms with Gasteiger partial charge in [-0.25, -0.2) is 4.98 Å². The van der Waals surface area contributed by atoms with Gasteiger partial charge in [0, 0.05) is 18.5 Å². The summed E-state index contributed by atoms with van der Waals surface area (Å²) >= 11 is 6.41. The van der Waals surface area contributed by atoms with Crippen molar-refractivity contribution < 1.29 is 14.6 Å². The third-order valence-electron chi connectivity index (χ3n) is 9.70. The van der Waals surface area contributed by atoms with Crippen molar-refractivity contribution in [2.45, 2.75) is 44.9 Å². The number of aromatic nitrogens is 6. The number of benzene rings is 5. The number of imidazole rings is 1. The molecule has 0 saturated heterocycles. The van der Waals surface area contributed by atoms with E-state index in [4.69, 9.17) is 36.5 Å². The van der Waals surface area contributed by atoms with Crippen molar-refractivity contribution in [1.29, 1.82) is 0 Å². The van der Waals surface area contributed by atoms with Crippen molar-refractivity contribution in [2.24, 2.45) is 0 Å².